The number of amides is 1. The van der Waals surface area contributed by atoms with E-state index >= 15 is 0 Å². The first kappa shape index (κ1) is 22.2. The Hall–Kier alpha value is -3.09. The number of hydrogen-bond donors (Lipinski definition) is 2. The molecule has 7 heteroatoms. The topological polar surface area (TPSA) is 78.8 Å². The van der Waals surface area contributed by atoms with Gasteiger partial charge in [-0.3, -0.25) is 9.79 Å². The third-order valence-corrected chi connectivity index (χ3v) is 4.22. The van der Waals surface area contributed by atoms with E-state index in [9.17, 15) is 4.79 Å². The van der Waals surface area contributed by atoms with Gasteiger partial charge in [-0.15, -0.1) is 0 Å². The van der Waals surface area contributed by atoms with Crippen LogP contribution in [0.4, 0.5) is 0 Å². The maximum Gasteiger partial charge on any atom is 0.253 e. The number of carbonyl (C=O) groups is 1. The zero-order valence-corrected chi connectivity index (χ0v) is 17.7. The number of guanidine groups is 1. The molecule has 0 radical (unpaired) electrons. The van der Waals surface area contributed by atoms with Crippen LogP contribution in [0.5, 0.6) is 5.88 Å². The van der Waals surface area contributed by atoms with Crippen LogP contribution < -0.4 is 15.4 Å². The van der Waals surface area contributed by atoms with Crippen molar-refractivity contribution in [2.75, 3.05) is 34.3 Å². The summed E-state index contributed by atoms with van der Waals surface area (Å²) in [7, 11) is 5.26. The summed E-state index contributed by atoms with van der Waals surface area (Å²) in [5.74, 6) is 1.38. The maximum absolute atomic E-state index is 12.1. The zero-order chi connectivity index (χ0) is 21.1. The smallest absolute Gasteiger partial charge is 0.253 e. The van der Waals surface area contributed by atoms with E-state index in [0.717, 1.165) is 29.9 Å². The predicted molar refractivity (Wildman–Crippen MR) is 116 cm³/mol. The zero-order valence-electron chi connectivity index (χ0n) is 17.7. The minimum atomic E-state index is 0.0111. The van der Waals surface area contributed by atoms with E-state index < -0.39 is 0 Å². The van der Waals surface area contributed by atoms with Crippen molar-refractivity contribution in [2.45, 2.75) is 26.3 Å². The first-order valence-electron chi connectivity index (χ1n) is 9.86. The Morgan fingerprint density at radius 3 is 2.66 bits per heavy atom. The standard InChI is InChI=1S/C22H31N5O2/c1-5-13-29-20-10-9-18(15-25-20)16-26-22(23-2)24-12-11-17-7-6-8-19(14-17)21(28)27(3)4/h6-10,14-15H,5,11-13,16H2,1-4H3,(H2,23,24,26). The van der Waals surface area contributed by atoms with Crippen LogP contribution in [0.1, 0.15) is 34.8 Å². The van der Waals surface area contributed by atoms with E-state index in [1.165, 1.54) is 0 Å². The number of aromatic nitrogens is 1. The van der Waals surface area contributed by atoms with E-state index in [0.29, 0.717) is 31.1 Å². The van der Waals surface area contributed by atoms with Crippen molar-refractivity contribution >= 4 is 11.9 Å². The molecule has 1 heterocycles. The van der Waals surface area contributed by atoms with Gasteiger partial charge in [0.05, 0.1) is 6.61 Å². The molecule has 1 aromatic heterocycles. The quantitative estimate of drug-likeness (QED) is 0.502. The average molecular weight is 398 g/mol. The lowest BCUT2D eigenvalue weighted by molar-refractivity contribution is 0.0827. The summed E-state index contributed by atoms with van der Waals surface area (Å²) in [5, 5.41) is 6.57. The lowest BCUT2D eigenvalue weighted by Crippen LogP contribution is -2.37. The molecule has 0 fully saturated rings. The number of ether oxygens (including phenoxy) is 1. The Morgan fingerprint density at radius 2 is 2.00 bits per heavy atom. The van der Waals surface area contributed by atoms with Gasteiger partial charge in [-0.1, -0.05) is 25.1 Å². The molecule has 7 nitrogen and oxygen atoms in total. The summed E-state index contributed by atoms with van der Waals surface area (Å²) in [6.45, 7) is 4.07. The molecule has 29 heavy (non-hydrogen) atoms. The highest BCUT2D eigenvalue weighted by Gasteiger charge is 2.08. The number of hydrogen-bond acceptors (Lipinski definition) is 4. The van der Waals surface area contributed by atoms with E-state index in [-0.39, 0.29) is 5.91 Å². The van der Waals surface area contributed by atoms with Gasteiger partial charge in [0.25, 0.3) is 5.91 Å². The minimum absolute atomic E-state index is 0.0111. The fourth-order valence-electron chi connectivity index (χ4n) is 2.66. The van der Waals surface area contributed by atoms with Gasteiger partial charge in [0.2, 0.25) is 5.88 Å². The molecule has 156 valence electrons. The number of carbonyl (C=O) groups excluding carboxylic acids is 1. The molecule has 1 aromatic carbocycles. The molecule has 0 aliphatic heterocycles. The van der Waals surface area contributed by atoms with Gasteiger partial charge in [0, 0.05) is 52.1 Å². The van der Waals surface area contributed by atoms with Crippen molar-refractivity contribution in [1.82, 2.24) is 20.5 Å². The molecule has 0 atom stereocenters. The van der Waals surface area contributed by atoms with Crippen molar-refractivity contribution in [1.29, 1.82) is 0 Å². The molecule has 0 saturated carbocycles. The van der Waals surface area contributed by atoms with Crippen LogP contribution in [0, 0.1) is 0 Å². The normalized spacial score (nSPS) is 11.1. The number of benzene rings is 1. The van der Waals surface area contributed by atoms with Crippen LogP contribution in [0.15, 0.2) is 47.6 Å². The number of rotatable bonds is 9. The van der Waals surface area contributed by atoms with E-state index in [4.69, 9.17) is 4.74 Å². The summed E-state index contributed by atoms with van der Waals surface area (Å²) in [6, 6.07) is 11.6. The molecule has 2 aromatic rings. The van der Waals surface area contributed by atoms with Crippen LogP contribution in [-0.4, -0.2) is 56.0 Å². The van der Waals surface area contributed by atoms with Crippen molar-refractivity contribution in [2.24, 2.45) is 4.99 Å². The Labute approximate surface area is 173 Å². The van der Waals surface area contributed by atoms with Gasteiger partial charge >= 0.3 is 0 Å². The SMILES string of the molecule is CCCOc1ccc(CNC(=NC)NCCc2cccc(C(=O)N(C)C)c2)cn1. The Morgan fingerprint density at radius 1 is 1.17 bits per heavy atom. The molecular formula is C22H31N5O2. The van der Waals surface area contributed by atoms with Gasteiger partial charge in [-0.2, -0.15) is 0 Å². The van der Waals surface area contributed by atoms with Crippen LogP contribution in [-0.2, 0) is 13.0 Å². The monoisotopic (exact) mass is 397 g/mol. The van der Waals surface area contributed by atoms with E-state index in [1.54, 1.807) is 32.2 Å². The summed E-state index contributed by atoms with van der Waals surface area (Å²) in [4.78, 5) is 22.2. The van der Waals surface area contributed by atoms with Crippen molar-refractivity contribution in [3.8, 4) is 5.88 Å². The summed E-state index contributed by atoms with van der Waals surface area (Å²) in [5.41, 5.74) is 2.85. The van der Waals surface area contributed by atoms with Crippen LogP contribution in [0.2, 0.25) is 0 Å². The lowest BCUT2D eigenvalue weighted by Gasteiger charge is -2.13. The number of nitrogens with one attached hydrogen (secondary N) is 2. The highest BCUT2D eigenvalue weighted by Crippen LogP contribution is 2.09. The van der Waals surface area contributed by atoms with Gasteiger partial charge < -0.3 is 20.3 Å². The van der Waals surface area contributed by atoms with Crippen LogP contribution in [0.25, 0.3) is 0 Å². The first-order chi connectivity index (χ1) is 14.0. The molecule has 0 spiro atoms. The van der Waals surface area contributed by atoms with Gasteiger partial charge in [-0.05, 0) is 36.1 Å². The molecule has 2 rings (SSSR count). The summed E-state index contributed by atoms with van der Waals surface area (Å²) >= 11 is 0. The molecule has 0 saturated heterocycles. The third kappa shape index (κ3) is 7.44. The fourth-order valence-corrected chi connectivity index (χ4v) is 2.66. The lowest BCUT2D eigenvalue weighted by atomic mass is 10.1. The molecule has 0 aliphatic carbocycles. The number of aliphatic imine (C=N–C) groups is 1. The summed E-state index contributed by atoms with van der Waals surface area (Å²) in [6.07, 6.45) is 3.56. The Kier molecular flexibility index (Phi) is 8.95. The summed E-state index contributed by atoms with van der Waals surface area (Å²) < 4.78 is 5.50. The minimum Gasteiger partial charge on any atom is -0.478 e. The average Bonchev–Trinajstić information content (AvgIpc) is 2.75. The first-order valence-corrected chi connectivity index (χ1v) is 9.86. The Bertz CT molecular complexity index is 803. The van der Waals surface area contributed by atoms with E-state index in [1.807, 2.05) is 36.4 Å². The fraction of sp³-hybridized carbons (Fsp3) is 0.409. The number of pyridine rings is 1. The largest absolute Gasteiger partial charge is 0.478 e. The highest BCUT2D eigenvalue weighted by molar-refractivity contribution is 5.94. The van der Waals surface area contributed by atoms with Crippen LogP contribution >= 0.6 is 0 Å². The second kappa shape index (κ2) is 11.7. The molecule has 0 unspecified atom stereocenters. The molecule has 0 aliphatic rings. The van der Waals surface area contributed by atoms with Gasteiger partial charge in [0.15, 0.2) is 5.96 Å². The van der Waals surface area contributed by atoms with Crippen molar-refractivity contribution in [3.63, 3.8) is 0 Å². The second-order valence-electron chi connectivity index (χ2n) is 6.86. The predicted octanol–water partition coefficient (Wildman–Crippen LogP) is 2.48. The third-order valence-electron chi connectivity index (χ3n) is 4.22. The van der Waals surface area contributed by atoms with Gasteiger partial charge in [0.1, 0.15) is 0 Å². The molecular weight excluding hydrogens is 366 g/mol. The van der Waals surface area contributed by atoms with Gasteiger partial charge in [-0.25, -0.2) is 4.98 Å². The molecule has 2 N–H and O–H groups in total. The molecule has 0 bridgehead atoms. The number of nitrogens with zero attached hydrogens (tertiary/aromatic N) is 3. The van der Waals surface area contributed by atoms with E-state index in [2.05, 4.69) is 27.5 Å². The molecule has 1 amide bonds. The maximum atomic E-state index is 12.1. The Balaban J connectivity index is 1.79. The second-order valence-corrected chi connectivity index (χ2v) is 6.86. The van der Waals surface area contributed by atoms with Crippen molar-refractivity contribution in [3.05, 3.63) is 59.3 Å². The van der Waals surface area contributed by atoms with Crippen molar-refractivity contribution < 1.29 is 9.53 Å². The van der Waals surface area contributed by atoms with Crippen LogP contribution in [0.3, 0.4) is 0 Å². The highest BCUT2D eigenvalue weighted by atomic mass is 16.5.